The molecule has 0 fully saturated rings. The number of carbonyl (C=O) groups excluding carboxylic acids is 2. The molecule has 1 amide bonds. The van der Waals surface area contributed by atoms with Crippen LogP contribution in [0.4, 0.5) is 5.69 Å². The van der Waals surface area contributed by atoms with Crippen molar-refractivity contribution in [2.45, 2.75) is 13.8 Å². The van der Waals surface area contributed by atoms with Gasteiger partial charge in [-0.05, 0) is 44.7 Å². The first-order valence-electron chi connectivity index (χ1n) is 6.32. The number of amides is 1. The van der Waals surface area contributed by atoms with Crippen molar-refractivity contribution < 1.29 is 14.3 Å². The Morgan fingerprint density at radius 3 is 2.65 bits per heavy atom. The second kappa shape index (κ2) is 8.01. The molecule has 6 heteroatoms. The van der Waals surface area contributed by atoms with Crippen LogP contribution in [0.25, 0.3) is 0 Å². The van der Waals surface area contributed by atoms with Gasteiger partial charge in [-0.1, -0.05) is 15.9 Å². The number of rotatable bonds is 6. The van der Waals surface area contributed by atoms with E-state index < -0.39 is 0 Å². The number of ether oxygens (including phenoxy) is 1. The number of anilines is 1. The highest BCUT2D eigenvalue weighted by Crippen LogP contribution is 2.19. The lowest BCUT2D eigenvalue weighted by molar-refractivity contribution is -0.144. The van der Waals surface area contributed by atoms with Gasteiger partial charge in [0.15, 0.2) is 0 Å². The molecule has 0 radical (unpaired) electrons. The molecule has 110 valence electrons. The summed E-state index contributed by atoms with van der Waals surface area (Å²) in [5.74, 6) is -0.499. The Bertz CT molecular complexity index is 491. The van der Waals surface area contributed by atoms with Crippen molar-refractivity contribution in [3.05, 3.63) is 28.2 Å². The summed E-state index contributed by atoms with van der Waals surface area (Å²) < 4.78 is 5.82. The summed E-state index contributed by atoms with van der Waals surface area (Å²) in [6.07, 6.45) is 0. The minimum Gasteiger partial charge on any atom is -0.465 e. The highest BCUT2D eigenvalue weighted by molar-refractivity contribution is 9.10. The number of esters is 1. The Balaban J connectivity index is 2.46. The summed E-state index contributed by atoms with van der Waals surface area (Å²) in [5, 5.41) is 2.79. The summed E-state index contributed by atoms with van der Waals surface area (Å²) in [6, 6.07) is 5.58. The predicted octanol–water partition coefficient (Wildman–Crippen LogP) is 2.19. The molecule has 1 rings (SSSR count). The van der Waals surface area contributed by atoms with Crippen molar-refractivity contribution in [3.63, 3.8) is 0 Å². The van der Waals surface area contributed by atoms with Gasteiger partial charge in [-0.3, -0.25) is 14.5 Å². The van der Waals surface area contributed by atoms with Gasteiger partial charge in [-0.25, -0.2) is 0 Å². The van der Waals surface area contributed by atoms with Crippen LogP contribution in [0, 0.1) is 6.92 Å². The minimum atomic E-state index is -0.331. The predicted molar refractivity (Wildman–Crippen MR) is 81.6 cm³/mol. The molecule has 0 saturated carbocycles. The van der Waals surface area contributed by atoms with Crippen molar-refractivity contribution in [2.24, 2.45) is 0 Å². The van der Waals surface area contributed by atoms with E-state index in [4.69, 9.17) is 4.74 Å². The Hall–Kier alpha value is -1.40. The highest BCUT2D eigenvalue weighted by Gasteiger charge is 2.11. The first kappa shape index (κ1) is 16.7. The fourth-order valence-electron chi connectivity index (χ4n) is 1.65. The van der Waals surface area contributed by atoms with Gasteiger partial charge in [0.05, 0.1) is 19.7 Å². The largest absolute Gasteiger partial charge is 0.465 e. The zero-order valence-electron chi connectivity index (χ0n) is 11.9. The number of hydrogen-bond acceptors (Lipinski definition) is 4. The van der Waals surface area contributed by atoms with E-state index in [-0.39, 0.29) is 25.0 Å². The van der Waals surface area contributed by atoms with Crippen LogP contribution in [0.1, 0.15) is 12.5 Å². The van der Waals surface area contributed by atoms with E-state index in [9.17, 15) is 9.59 Å². The SMILES string of the molecule is CCOC(=O)CN(C)CC(=O)Nc1ccc(Br)c(C)c1. The lowest BCUT2D eigenvalue weighted by atomic mass is 10.2. The van der Waals surface area contributed by atoms with Crippen LogP contribution in [0.15, 0.2) is 22.7 Å². The molecule has 0 bridgehead atoms. The van der Waals surface area contributed by atoms with Crippen molar-refractivity contribution in [1.29, 1.82) is 0 Å². The third-order valence-electron chi connectivity index (χ3n) is 2.56. The minimum absolute atomic E-state index is 0.0978. The van der Waals surface area contributed by atoms with Crippen LogP contribution < -0.4 is 5.32 Å². The molecule has 0 spiro atoms. The molecule has 0 aromatic heterocycles. The molecule has 0 aliphatic heterocycles. The quantitative estimate of drug-likeness (QED) is 0.805. The Kier molecular flexibility index (Phi) is 6.67. The number of nitrogens with zero attached hydrogens (tertiary/aromatic N) is 1. The Morgan fingerprint density at radius 1 is 1.35 bits per heavy atom. The van der Waals surface area contributed by atoms with Crippen LogP contribution in [-0.4, -0.2) is 43.5 Å². The van der Waals surface area contributed by atoms with E-state index in [0.29, 0.717) is 6.61 Å². The first-order chi connectivity index (χ1) is 9.42. The van der Waals surface area contributed by atoms with Crippen LogP contribution in [-0.2, 0) is 14.3 Å². The molecule has 0 heterocycles. The van der Waals surface area contributed by atoms with Crippen molar-refractivity contribution in [2.75, 3.05) is 32.1 Å². The molecule has 0 unspecified atom stereocenters. The summed E-state index contributed by atoms with van der Waals surface area (Å²) in [7, 11) is 1.70. The van der Waals surface area contributed by atoms with E-state index in [1.165, 1.54) is 0 Å². The summed E-state index contributed by atoms with van der Waals surface area (Å²) >= 11 is 3.41. The van der Waals surface area contributed by atoms with Crippen LogP contribution in [0.3, 0.4) is 0 Å². The average molecular weight is 343 g/mol. The van der Waals surface area contributed by atoms with Gasteiger partial charge in [0.25, 0.3) is 0 Å². The maximum atomic E-state index is 11.8. The lowest BCUT2D eigenvalue weighted by Crippen LogP contribution is -2.34. The monoisotopic (exact) mass is 342 g/mol. The van der Waals surface area contributed by atoms with Gasteiger partial charge < -0.3 is 10.1 Å². The highest BCUT2D eigenvalue weighted by atomic mass is 79.9. The molecule has 0 atom stereocenters. The molecule has 5 nitrogen and oxygen atoms in total. The third-order valence-corrected chi connectivity index (χ3v) is 3.45. The van der Waals surface area contributed by atoms with Gasteiger partial charge >= 0.3 is 5.97 Å². The number of carbonyl (C=O) groups is 2. The summed E-state index contributed by atoms with van der Waals surface area (Å²) in [4.78, 5) is 24.7. The van der Waals surface area contributed by atoms with Gasteiger partial charge in [0, 0.05) is 10.2 Å². The van der Waals surface area contributed by atoms with E-state index in [2.05, 4.69) is 21.2 Å². The zero-order valence-corrected chi connectivity index (χ0v) is 13.5. The van der Waals surface area contributed by atoms with Gasteiger partial charge in [0.2, 0.25) is 5.91 Å². The standard InChI is InChI=1S/C14H19BrN2O3/c1-4-20-14(19)9-17(3)8-13(18)16-11-5-6-12(15)10(2)7-11/h5-7H,4,8-9H2,1-3H3,(H,16,18). The molecule has 0 aliphatic carbocycles. The van der Waals surface area contributed by atoms with Gasteiger partial charge in [-0.15, -0.1) is 0 Å². The molecule has 1 N–H and O–H groups in total. The smallest absolute Gasteiger partial charge is 0.320 e. The normalized spacial score (nSPS) is 10.4. The molecule has 0 aliphatic rings. The van der Waals surface area contributed by atoms with Gasteiger partial charge in [-0.2, -0.15) is 0 Å². The van der Waals surface area contributed by atoms with E-state index in [0.717, 1.165) is 15.7 Å². The van der Waals surface area contributed by atoms with Crippen LogP contribution in [0.5, 0.6) is 0 Å². The third kappa shape index (κ3) is 5.71. The fourth-order valence-corrected chi connectivity index (χ4v) is 1.90. The second-order valence-corrected chi connectivity index (χ2v) is 5.34. The second-order valence-electron chi connectivity index (χ2n) is 4.49. The summed E-state index contributed by atoms with van der Waals surface area (Å²) in [5.41, 5.74) is 1.78. The van der Waals surface area contributed by atoms with Crippen LogP contribution >= 0.6 is 15.9 Å². The topological polar surface area (TPSA) is 58.6 Å². The molecular formula is C14H19BrN2O3. The summed E-state index contributed by atoms with van der Waals surface area (Å²) in [6.45, 7) is 4.28. The van der Waals surface area contributed by atoms with Gasteiger partial charge in [0.1, 0.15) is 0 Å². The van der Waals surface area contributed by atoms with Crippen molar-refractivity contribution in [1.82, 2.24) is 4.90 Å². The molecule has 0 saturated heterocycles. The first-order valence-corrected chi connectivity index (χ1v) is 7.11. The maximum Gasteiger partial charge on any atom is 0.320 e. The van der Waals surface area contributed by atoms with E-state index in [1.54, 1.807) is 18.9 Å². The molecular weight excluding hydrogens is 324 g/mol. The molecule has 1 aromatic carbocycles. The Labute approximate surface area is 127 Å². The van der Waals surface area contributed by atoms with Crippen LogP contribution in [0.2, 0.25) is 0 Å². The molecule has 1 aromatic rings. The number of halogens is 1. The zero-order chi connectivity index (χ0) is 15.1. The fraction of sp³-hybridized carbons (Fsp3) is 0.429. The maximum absolute atomic E-state index is 11.8. The number of hydrogen-bond donors (Lipinski definition) is 1. The Morgan fingerprint density at radius 2 is 2.05 bits per heavy atom. The van der Waals surface area contributed by atoms with E-state index >= 15 is 0 Å². The van der Waals surface area contributed by atoms with E-state index in [1.807, 2.05) is 25.1 Å². The van der Waals surface area contributed by atoms with Crippen molar-refractivity contribution >= 4 is 33.5 Å². The number of nitrogens with one attached hydrogen (secondary N) is 1. The number of aryl methyl sites for hydroxylation is 1. The average Bonchev–Trinajstić information content (AvgIpc) is 2.33. The lowest BCUT2D eigenvalue weighted by Gasteiger charge is -2.15. The number of likely N-dealkylation sites (N-methyl/N-ethyl adjacent to an activating group) is 1. The molecule has 20 heavy (non-hydrogen) atoms. The van der Waals surface area contributed by atoms with Crippen molar-refractivity contribution in [3.8, 4) is 0 Å². The number of benzene rings is 1.